The van der Waals surface area contributed by atoms with Gasteiger partial charge in [-0.1, -0.05) is 0 Å². The van der Waals surface area contributed by atoms with Crippen LogP contribution in [0.1, 0.15) is 27.7 Å². The monoisotopic (exact) mass is 403 g/mol. The first-order valence-electron chi connectivity index (χ1n) is 7.94. The Kier molecular flexibility index (Phi) is 9.04. The number of carbonyl (C=O) groups excluding carboxylic acids is 4. The van der Waals surface area contributed by atoms with Gasteiger partial charge in [-0.3, -0.25) is 19.2 Å². The molecule has 27 heavy (non-hydrogen) atoms. The molecule has 0 aliphatic carbocycles. The fraction of sp³-hybridized carbons (Fsp3) is 0.688. The lowest BCUT2D eigenvalue weighted by Gasteiger charge is -2.44. The molecule has 11 heteroatoms. The predicted octanol–water partition coefficient (Wildman–Crippen LogP) is 0.326. The van der Waals surface area contributed by atoms with Crippen molar-refractivity contribution in [2.24, 2.45) is 0 Å². The van der Waals surface area contributed by atoms with Crippen LogP contribution >= 0.6 is 11.8 Å². The van der Waals surface area contributed by atoms with Crippen LogP contribution in [0, 0.1) is 11.3 Å². The van der Waals surface area contributed by atoms with Crippen LogP contribution < -0.4 is 0 Å². The molecule has 1 fully saturated rings. The fourth-order valence-electron chi connectivity index (χ4n) is 2.44. The van der Waals surface area contributed by atoms with E-state index in [1.165, 1.54) is 6.92 Å². The summed E-state index contributed by atoms with van der Waals surface area (Å²) in [5, 5.41) is 8.83. The van der Waals surface area contributed by atoms with Gasteiger partial charge in [0.2, 0.25) is 0 Å². The molecule has 5 atom stereocenters. The van der Waals surface area contributed by atoms with Crippen LogP contribution in [-0.4, -0.2) is 66.1 Å². The van der Waals surface area contributed by atoms with Crippen LogP contribution in [0.25, 0.3) is 0 Å². The molecular formula is C16H21NO9S. The van der Waals surface area contributed by atoms with Gasteiger partial charge in [0, 0.05) is 27.7 Å². The fourth-order valence-corrected chi connectivity index (χ4v) is 3.30. The third kappa shape index (κ3) is 7.44. The molecule has 0 aromatic rings. The Hall–Kier alpha value is -2.32. The van der Waals surface area contributed by atoms with E-state index in [0.29, 0.717) is 0 Å². The summed E-state index contributed by atoms with van der Waals surface area (Å²) in [5.74, 6) is -2.67. The lowest BCUT2D eigenvalue weighted by atomic mass is 9.99. The van der Waals surface area contributed by atoms with Crippen molar-refractivity contribution >= 4 is 35.6 Å². The summed E-state index contributed by atoms with van der Waals surface area (Å²) in [6.45, 7) is 4.34. The molecule has 10 nitrogen and oxygen atoms in total. The Morgan fingerprint density at radius 1 is 0.889 bits per heavy atom. The second-order valence-corrected chi connectivity index (χ2v) is 6.62. The van der Waals surface area contributed by atoms with Gasteiger partial charge < -0.3 is 23.7 Å². The second kappa shape index (κ2) is 10.7. The number of hydrogen-bond donors (Lipinski definition) is 0. The molecule has 1 heterocycles. The summed E-state index contributed by atoms with van der Waals surface area (Å²) in [6, 6.07) is 1.92. The number of carbonyl (C=O) groups is 4. The number of nitrogens with zero attached hydrogens (tertiary/aromatic N) is 1. The Labute approximate surface area is 160 Å². The first-order chi connectivity index (χ1) is 12.6. The summed E-state index contributed by atoms with van der Waals surface area (Å²) in [6.07, 6.45) is -4.53. The van der Waals surface area contributed by atoms with Gasteiger partial charge in [0.15, 0.2) is 18.3 Å². The summed E-state index contributed by atoms with van der Waals surface area (Å²) < 4.78 is 26.4. The molecule has 1 aliphatic heterocycles. The summed E-state index contributed by atoms with van der Waals surface area (Å²) in [7, 11) is 0. The van der Waals surface area contributed by atoms with E-state index in [0.717, 1.165) is 32.5 Å². The standard InChI is InChI=1S/C16H21NO9S/c1-8(18)22-7-12-13(23-9(2)19)14(24-10(3)20)15(25-11(4)21)16(26-12)27-6-5-17/h12-16H,6-7H2,1-4H3/t12-,13+,14-,15+,16-/m1/s1. The van der Waals surface area contributed by atoms with E-state index in [1.807, 2.05) is 6.07 Å². The Morgan fingerprint density at radius 2 is 1.41 bits per heavy atom. The van der Waals surface area contributed by atoms with E-state index in [2.05, 4.69) is 0 Å². The van der Waals surface area contributed by atoms with Crippen molar-refractivity contribution in [1.82, 2.24) is 0 Å². The average Bonchev–Trinajstić information content (AvgIpc) is 2.54. The zero-order valence-corrected chi connectivity index (χ0v) is 16.1. The molecule has 1 saturated heterocycles. The van der Waals surface area contributed by atoms with Gasteiger partial charge in [-0.15, -0.1) is 11.8 Å². The van der Waals surface area contributed by atoms with Gasteiger partial charge in [-0.05, 0) is 0 Å². The summed E-state index contributed by atoms with van der Waals surface area (Å²) in [4.78, 5) is 45.8. The second-order valence-electron chi connectivity index (χ2n) is 5.54. The topological polar surface area (TPSA) is 138 Å². The molecule has 0 N–H and O–H groups in total. The van der Waals surface area contributed by atoms with Crippen molar-refractivity contribution in [1.29, 1.82) is 5.26 Å². The molecule has 0 spiro atoms. The zero-order valence-electron chi connectivity index (χ0n) is 15.3. The Balaban J connectivity index is 3.25. The van der Waals surface area contributed by atoms with Crippen molar-refractivity contribution in [3.63, 3.8) is 0 Å². The first-order valence-corrected chi connectivity index (χ1v) is 8.99. The van der Waals surface area contributed by atoms with Gasteiger partial charge in [0.1, 0.15) is 18.1 Å². The van der Waals surface area contributed by atoms with Crippen LogP contribution in [-0.2, 0) is 42.9 Å². The maximum atomic E-state index is 11.6. The van der Waals surface area contributed by atoms with Crippen molar-refractivity contribution in [3.05, 3.63) is 0 Å². The van der Waals surface area contributed by atoms with Crippen molar-refractivity contribution in [2.45, 2.75) is 57.5 Å². The Bertz CT molecular complexity index is 618. The predicted molar refractivity (Wildman–Crippen MR) is 90.0 cm³/mol. The molecule has 1 aliphatic rings. The summed E-state index contributed by atoms with van der Waals surface area (Å²) >= 11 is 1.00. The highest BCUT2D eigenvalue weighted by molar-refractivity contribution is 8.00. The molecule has 1 rings (SSSR count). The number of hydrogen-bond acceptors (Lipinski definition) is 11. The summed E-state index contributed by atoms with van der Waals surface area (Å²) in [5.41, 5.74) is -0.912. The van der Waals surface area contributed by atoms with E-state index in [-0.39, 0.29) is 12.4 Å². The molecule has 150 valence electrons. The van der Waals surface area contributed by atoms with Gasteiger partial charge in [0.05, 0.1) is 11.8 Å². The molecule has 0 bridgehead atoms. The van der Waals surface area contributed by atoms with E-state index in [4.69, 9.17) is 28.9 Å². The smallest absolute Gasteiger partial charge is 0.303 e. The Morgan fingerprint density at radius 3 is 1.89 bits per heavy atom. The molecule has 0 radical (unpaired) electrons. The maximum absolute atomic E-state index is 11.6. The SMILES string of the molecule is CC(=O)OC[C@H]1O[C@H](SCC#N)[C@@H](OC(C)=O)[C@H](OC(C)=O)[C@H]1OC(C)=O. The highest BCUT2D eigenvalue weighted by Gasteiger charge is 2.52. The number of nitriles is 1. The van der Waals surface area contributed by atoms with Gasteiger partial charge in [-0.25, -0.2) is 0 Å². The van der Waals surface area contributed by atoms with E-state index >= 15 is 0 Å². The molecule has 0 aromatic heterocycles. The number of thioether (sulfide) groups is 1. The third-order valence-electron chi connectivity index (χ3n) is 3.26. The number of esters is 4. The minimum Gasteiger partial charge on any atom is -0.463 e. The molecular weight excluding hydrogens is 382 g/mol. The van der Waals surface area contributed by atoms with Gasteiger partial charge in [-0.2, -0.15) is 5.26 Å². The molecule has 0 unspecified atom stereocenters. The van der Waals surface area contributed by atoms with Crippen LogP contribution in [0.5, 0.6) is 0 Å². The van der Waals surface area contributed by atoms with Gasteiger partial charge >= 0.3 is 23.9 Å². The molecule has 0 saturated carbocycles. The van der Waals surface area contributed by atoms with Crippen LogP contribution in [0.4, 0.5) is 0 Å². The van der Waals surface area contributed by atoms with E-state index in [9.17, 15) is 19.2 Å². The highest BCUT2D eigenvalue weighted by atomic mass is 32.2. The highest BCUT2D eigenvalue weighted by Crippen LogP contribution is 2.34. The lowest BCUT2D eigenvalue weighted by molar-refractivity contribution is -0.237. The van der Waals surface area contributed by atoms with Gasteiger partial charge in [0.25, 0.3) is 0 Å². The third-order valence-corrected chi connectivity index (χ3v) is 4.26. The quantitative estimate of drug-likeness (QED) is 0.429. The molecule has 0 amide bonds. The van der Waals surface area contributed by atoms with Crippen molar-refractivity contribution in [3.8, 4) is 6.07 Å². The van der Waals surface area contributed by atoms with E-state index in [1.54, 1.807) is 0 Å². The minimum atomic E-state index is -1.21. The zero-order chi connectivity index (χ0) is 20.6. The van der Waals surface area contributed by atoms with Crippen LogP contribution in [0.2, 0.25) is 0 Å². The van der Waals surface area contributed by atoms with Crippen molar-refractivity contribution < 1.29 is 42.9 Å². The largest absolute Gasteiger partial charge is 0.463 e. The van der Waals surface area contributed by atoms with E-state index < -0.39 is 53.7 Å². The van der Waals surface area contributed by atoms with Crippen LogP contribution in [0.3, 0.4) is 0 Å². The normalized spacial score (nSPS) is 27.0. The number of rotatable bonds is 7. The first kappa shape index (κ1) is 22.7. The van der Waals surface area contributed by atoms with Crippen LogP contribution in [0.15, 0.2) is 0 Å². The lowest BCUT2D eigenvalue weighted by Crippen LogP contribution is -2.61. The van der Waals surface area contributed by atoms with Crippen molar-refractivity contribution in [2.75, 3.05) is 12.4 Å². The maximum Gasteiger partial charge on any atom is 0.303 e. The molecule has 0 aromatic carbocycles. The average molecular weight is 403 g/mol. The number of ether oxygens (including phenoxy) is 5. The minimum absolute atomic E-state index is 0.00621.